The number of hydrogen-bond acceptors (Lipinski definition) is 5. The lowest BCUT2D eigenvalue weighted by molar-refractivity contribution is -0.384. The van der Waals surface area contributed by atoms with Gasteiger partial charge in [0.2, 0.25) is 0 Å². The summed E-state index contributed by atoms with van der Waals surface area (Å²) in [5.74, 6) is 0. The van der Waals surface area contributed by atoms with Crippen molar-refractivity contribution in [3.8, 4) is 0 Å². The van der Waals surface area contributed by atoms with E-state index in [9.17, 15) is 14.9 Å². The highest BCUT2D eigenvalue weighted by Crippen LogP contribution is 2.21. The van der Waals surface area contributed by atoms with Crippen LogP contribution in [0.25, 0.3) is 0 Å². The molecule has 0 spiro atoms. The highest BCUT2D eigenvalue weighted by molar-refractivity contribution is 5.62. The molecule has 0 amide bonds. The number of hydrogen-bond donors (Lipinski definition) is 1. The molecule has 96 valence electrons. The lowest BCUT2D eigenvalue weighted by Crippen LogP contribution is -2.45. The van der Waals surface area contributed by atoms with Crippen molar-refractivity contribution in [1.29, 1.82) is 0 Å². The molecule has 1 unspecified atom stereocenters. The Hall–Kier alpha value is -1.79. The molecule has 2 rings (SSSR count). The van der Waals surface area contributed by atoms with Gasteiger partial charge in [-0.2, -0.15) is 0 Å². The minimum atomic E-state index is -0.440. The van der Waals surface area contributed by atoms with Crippen LogP contribution >= 0.6 is 0 Å². The van der Waals surface area contributed by atoms with Gasteiger partial charge in [0.15, 0.2) is 0 Å². The Morgan fingerprint density at radius 3 is 2.39 bits per heavy atom. The minimum absolute atomic E-state index is 0.0451. The van der Waals surface area contributed by atoms with Crippen LogP contribution in [0.3, 0.4) is 0 Å². The molecule has 1 atom stereocenters. The molecule has 1 aliphatic rings. The molecule has 1 N–H and O–H groups in total. The van der Waals surface area contributed by atoms with E-state index in [0.29, 0.717) is 0 Å². The maximum absolute atomic E-state index is 11.2. The van der Waals surface area contributed by atoms with Crippen LogP contribution in [0.5, 0.6) is 0 Å². The molecule has 1 fully saturated rings. The van der Waals surface area contributed by atoms with Gasteiger partial charge < -0.3 is 10.1 Å². The summed E-state index contributed by atoms with van der Waals surface area (Å²) in [4.78, 5) is 23.4. The second-order valence-electron chi connectivity index (χ2n) is 4.22. The Labute approximate surface area is 105 Å². The second kappa shape index (κ2) is 5.70. The Bertz CT molecular complexity index is 427. The molecule has 0 saturated carbocycles. The van der Waals surface area contributed by atoms with E-state index >= 15 is 0 Å². The smallest absolute Gasteiger partial charge is 0.269 e. The van der Waals surface area contributed by atoms with Crippen molar-refractivity contribution >= 4 is 12.0 Å². The molecule has 1 aromatic carbocycles. The monoisotopic (exact) mass is 249 g/mol. The predicted molar refractivity (Wildman–Crippen MR) is 66.3 cm³/mol. The van der Waals surface area contributed by atoms with E-state index in [2.05, 4.69) is 10.2 Å². The highest BCUT2D eigenvalue weighted by atomic mass is 16.6. The second-order valence-corrected chi connectivity index (χ2v) is 4.22. The third kappa shape index (κ3) is 2.72. The van der Waals surface area contributed by atoms with Crippen LogP contribution in [0.15, 0.2) is 24.3 Å². The number of non-ortho nitro benzene ring substituents is 1. The Kier molecular flexibility index (Phi) is 4.01. The maximum atomic E-state index is 11.2. The van der Waals surface area contributed by atoms with E-state index in [1.54, 1.807) is 12.1 Å². The number of carbonyl (C=O) groups is 1. The summed E-state index contributed by atoms with van der Waals surface area (Å²) >= 11 is 0. The summed E-state index contributed by atoms with van der Waals surface area (Å²) < 4.78 is 0. The summed E-state index contributed by atoms with van der Waals surface area (Å²) in [5, 5.41) is 13.8. The van der Waals surface area contributed by atoms with Gasteiger partial charge in [0.1, 0.15) is 6.29 Å². The summed E-state index contributed by atoms with van der Waals surface area (Å²) in [6.07, 6.45) is 0.895. The predicted octanol–water partition coefficient (Wildman–Crippen LogP) is 0.740. The molecule has 18 heavy (non-hydrogen) atoms. The van der Waals surface area contributed by atoms with Crippen molar-refractivity contribution in [3.63, 3.8) is 0 Å². The Balaban J connectivity index is 2.16. The number of benzene rings is 1. The van der Waals surface area contributed by atoms with Crippen molar-refractivity contribution in [2.45, 2.75) is 6.04 Å². The zero-order valence-electron chi connectivity index (χ0n) is 9.91. The maximum Gasteiger partial charge on any atom is 0.269 e. The van der Waals surface area contributed by atoms with Gasteiger partial charge in [0, 0.05) is 38.3 Å². The zero-order valence-corrected chi connectivity index (χ0v) is 9.91. The first kappa shape index (κ1) is 12.7. The largest absolute Gasteiger partial charge is 0.314 e. The van der Waals surface area contributed by atoms with Crippen molar-refractivity contribution in [2.75, 3.05) is 26.2 Å². The fourth-order valence-electron chi connectivity index (χ4n) is 2.13. The van der Waals surface area contributed by atoms with Gasteiger partial charge in [-0.25, -0.2) is 0 Å². The van der Waals surface area contributed by atoms with Gasteiger partial charge in [0.25, 0.3) is 5.69 Å². The fraction of sp³-hybridized carbons (Fsp3) is 0.417. The molecule has 6 nitrogen and oxygen atoms in total. The summed E-state index contributed by atoms with van der Waals surface area (Å²) in [6, 6.07) is 5.87. The molecule has 1 heterocycles. The molecule has 0 aromatic heterocycles. The standard InChI is InChI=1S/C12H15N3O3/c16-9-12(14-7-5-13-6-8-14)10-1-3-11(4-2-10)15(17)18/h1-4,9,12-13H,5-8H2. The number of piperazine rings is 1. The van der Waals surface area contributed by atoms with Crippen LogP contribution in [0.4, 0.5) is 5.69 Å². The van der Waals surface area contributed by atoms with E-state index < -0.39 is 4.92 Å². The van der Waals surface area contributed by atoms with Gasteiger partial charge in [-0.3, -0.25) is 15.0 Å². The van der Waals surface area contributed by atoms with E-state index in [1.165, 1.54) is 12.1 Å². The van der Waals surface area contributed by atoms with Gasteiger partial charge in [-0.1, -0.05) is 12.1 Å². The topological polar surface area (TPSA) is 75.5 Å². The first-order valence-electron chi connectivity index (χ1n) is 5.87. The number of carbonyl (C=O) groups excluding carboxylic acids is 1. The average molecular weight is 249 g/mol. The van der Waals surface area contributed by atoms with Crippen LogP contribution in [0, 0.1) is 10.1 Å². The lowest BCUT2D eigenvalue weighted by Gasteiger charge is -2.31. The van der Waals surface area contributed by atoms with Gasteiger partial charge in [0.05, 0.1) is 11.0 Å². The SMILES string of the molecule is O=CC(c1ccc([N+](=O)[O-])cc1)N1CCNCC1. The fourth-order valence-corrected chi connectivity index (χ4v) is 2.13. The number of aldehydes is 1. The summed E-state index contributed by atoms with van der Waals surface area (Å²) in [5.41, 5.74) is 0.848. The molecule has 0 radical (unpaired) electrons. The average Bonchev–Trinajstić information content (AvgIpc) is 2.41. The molecule has 1 saturated heterocycles. The van der Waals surface area contributed by atoms with Crippen LogP contribution in [-0.2, 0) is 4.79 Å². The van der Waals surface area contributed by atoms with Gasteiger partial charge in [-0.05, 0) is 5.56 Å². The lowest BCUT2D eigenvalue weighted by atomic mass is 10.1. The number of nitro benzene ring substituents is 1. The third-order valence-electron chi connectivity index (χ3n) is 3.12. The molecule has 1 aliphatic heterocycles. The number of rotatable bonds is 4. The van der Waals surface area contributed by atoms with E-state index in [0.717, 1.165) is 38.0 Å². The van der Waals surface area contributed by atoms with Crippen molar-refractivity contribution in [2.24, 2.45) is 0 Å². The first-order chi connectivity index (χ1) is 8.72. The van der Waals surface area contributed by atoms with Crippen LogP contribution in [0.2, 0.25) is 0 Å². The highest BCUT2D eigenvalue weighted by Gasteiger charge is 2.21. The van der Waals surface area contributed by atoms with Gasteiger partial charge in [-0.15, -0.1) is 0 Å². The summed E-state index contributed by atoms with van der Waals surface area (Å²) in [7, 11) is 0. The van der Waals surface area contributed by atoms with Crippen molar-refractivity contribution < 1.29 is 9.72 Å². The van der Waals surface area contributed by atoms with Crippen LogP contribution in [-0.4, -0.2) is 42.3 Å². The molecule has 0 bridgehead atoms. The Morgan fingerprint density at radius 1 is 1.28 bits per heavy atom. The summed E-state index contributed by atoms with van der Waals surface area (Å²) in [6.45, 7) is 3.33. The van der Waals surface area contributed by atoms with Crippen LogP contribution in [0.1, 0.15) is 11.6 Å². The van der Waals surface area contributed by atoms with Crippen molar-refractivity contribution in [1.82, 2.24) is 10.2 Å². The van der Waals surface area contributed by atoms with Crippen LogP contribution < -0.4 is 5.32 Å². The minimum Gasteiger partial charge on any atom is -0.314 e. The van der Waals surface area contributed by atoms with Crippen molar-refractivity contribution in [3.05, 3.63) is 39.9 Å². The number of nitro groups is 1. The van der Waals surface area contributed by atoms with E-state index in [1.807, 2.05) is 0 Å². The van der Waals surface area contributed by atoms with E-state index in [4.69, 9.17) is 0 Å². The first-order valence-corrected chi connectivity index (χ1v) is 5.87. The molecular formula is C12H15N3O3. The quantitative estimate of drug-likeness (QED) is 0.484. The molecule has 0 aliphatic carbocycles. The molecule has 6 heteroatoms. The third-order valence-corrected chi connectivity index (χ3v) is 3.12. The molecule has 1 aromatic rings. The van der Waals surface area contributed by atoms with Gasteiger partial charge >= 0.3 is 0 Å². The Morgan fingerprint density at radius 2 is 1.89 bits per heavy atom. The normalized spacial score (nSPS) is 18.2. The zero-order chi connectivity index (χ0) is 13.0. The molecular weight excluding hydrogens is 234 g/mol. The number of nitrogens with zero attached hydrogens (tertiary/aromatic N) is 2. The number of nitrogens with one attached hydrogen (secondary N) is 1. The van der Waals surface area contributed by atoms with E-state index in [-0.39, 0.29) is 11.7 Å².